The fourth-order valence-corrected chi connectivity index (χ4v) is 3.13. The maximum atomic E-state index is 15.0. The lowest BCUT2D eigenvalue weighted by Crippen LogP contribution is -2.25. The van der Waals surface area contributed by atoms with Gasteiger partial charge in [0.1, 0.15) is 40.4 Å². The summed E-state index contributed by atoms with van der Waals surface area (Å²) >= 11 is 0. The van der Waals surface area contributed by atoms with Gasteiger partial charge in [-0.25, -0.2) is 18.0 Å². The van der Waals surface area contributed by atoms with E-state index in [2.05, 4.69) is 9.84 Å². The molecule has 13 heteroatoms. The molecule has 0 saturated carbocycles. The molecule has 3 aromatic rings. The highest BCUT2D eigenvalue weighted by molar-refractivity contribution is 6.06. The first-order valence-corrected chi connectivity index (χ1v) is 9.94. The predicted molar refractivity (Wildman–Crippen MR) is 109 cm³/mol. The van der Waals surface area contributed by atoms with Crippen LogP contribution in [0.1, 0.15) is 30.0 Å². The number of hydrogen-bond donors (Lipinski definition) is 1. The van der Waals surface area contributed by atoms with Crippen molar-refractivity contribution in [3.8, 4) is 11.4 Å². The molecular formula is C21H18F6N4O3. The lowest BCUT2D eigenvalue weighted by Gasteiger charge is -2.15. The second-order valence-electron chi connectivity index (χ2n) is 6.96. The van der Waals surface area contributed by atoms with E-state index in [4.69, 9.17) is 0 Å². The SMILES string of the molecule is CCc1nn(-c2cc(OCC(F)(F)F)c(C(=O)Nc3c(F)cccc3F)cc2F)c(=O)n1CC. The first-order valence-electron chi connectivity index (χ1n) is 9.94. The highest BCUT2D eigenvalue weighted by atomic mass is 19.4. The molecule has 182 valence electrons. The quantitative estimate of drug-likeness (QED) is 0.505. The van der Waals surface area contributed by atoms with Crippen LogP contribution in [0, 0.1) is 17.5 Å². The van der Waals surface area contributed by atoms with Gasteiger partial charge in [0.05, 0.1) is 5.56 Å². The van der Waals surface area contributed by atoms with Crippen LogP contribution in [0.15, 0.2) is 35.1 Å². The molecule has 0 spiro atoms. The summed E-state index contributed by atoms with van der Waals surface area (Å²) in [5, 5.41) is 5.85. The third kappa shape index (κ3) is 5.07. The van der Waals surface area contributed by atoms with Crippen molar-refractivity contribution in [3.63, 3.8) is 0 Å². The van der Waals surface area contributed by atoms with E-state index in [0.717, 1.165) is 18.2 Å². The summed E-state index contributed by atoms with van der Waals surface area (Å²) in [4.78, 5) is 25.2. The molecule has 0 saturated heterocycles. The van der Waals surface area contributed by atoms with Crippen LogP contribution >= 0.6 is 0 Å². The lowest BCUT2D eigenvalue weighted by atomic mass is 10.1. The van der Waals surface area contributed by atoms with Crippen LogP contribution < -0.4 is 15.7 Å². The Morgan fingerprint density at radius 3 is 2.26 bits per heavy atom. The number of halogens is 6. The van der Waals surface area contributed by atoms with Crippen molar-refractivity contribution in [2.45, 2.75) is 33.0 Å². The number of amides is 1. The van der Waals surface area contributed by atoms with Gasteiger partial charge in [-0.3, -0.25) is 9.36 Å². The average Bonchev–Trinajstić information content (AvgIpc) is 3.09. The number of aromatic nitrogens is 3. The van der Waals surface area contributed by atoms with E-state index >= 15 is 0 Å². The van der Waals surface area contributed by atoms with Gasteiger partial charge >= 0.3 is 11.9 Å². The number of benzene rings is 2. The molecule has 0 bridgehead atoms. The van der Waals surface area contributed by atoms with Crippen molar-refractivity contribution >= 4 is 11.6 Å². The molecular weight excluding hydrogens is 470 g/mol. The van der Waals surface area contributed by atoms with E-state index in [-0.39, 0.29) is 6.54 Å². The summed E-state index contributed by atoms with van der Waals surface area (Å²) in [5.41, 5.74) is -3.00. The summed E-state index contributed by atoms with van der Waals surface area (Å²) in [6, 6.07) is 3.90. The fourth-order valence-electron chi connectivity index (χ4n) is 3.13. The molecule has 0 unspecified atom stereocenters. The minimum atomic E-state index is -4.82. The molecule has 2 aromatic carbocycles. The second-order valence-corrected chi connectivity index (χ2v) is 6.96. The van der Waals surface area contributed by atoms with Crippen molar-refractivity contribution in [1.82, 2.24) is 14.3 Å². The molecule has 1 amide bonds. The molecule has 0 aliphatic carbocycles. The van der Waals surface area contributed by atoms with Gasteiger partial charge in [0, 0.05) is 19.0 Å². The van der Waals surface area contributed by atoms with Gasteiger partial charge in [-0.2, -0.15) is 17.9 Å². The summed E-state index contributed by atoms with van der Waals surface area (Å²) < 4.78 is 87.6. The Morgan fingerprint density at radius 2 is 1.74 bits per heavy atom. The number of nitrogens with zero attached hydrogens (tertiary/aromatic N) is 3. The van der Waals surface area contributed by atoms with Crippen LogP contribution in [0.4, 0.5) is 32.0 Å². The van der Waals surface area contributed by atoms with Crippen LogP contribution in [0.2, 0.25) is 0 Å². The number of rotatable bonds is 7. The zero-order valence-electron chi connectivity index (χ0n) is 17.8. The van der Waals surface area contributed by atoms with E-state index in [1.165, 1.54) is 4.57 Å². The molecule has 7 nitrogen and oxygen atoms in total. The molecule has 0 aliphatic heterocycles. The Morgan fingerprint density at radius 1 is 1.09 bits per heavy atom. The number of nitrogens with one attached hydrogen (secondary N) is 1. The summed E-state index contributed by atoms with van der Waals surface area (Å²) in [7, 11) is 0. The first kappa shape index (κ1) is 24.9. The maximum Gasteiger partial charge on any atom is 0.422 e. The number of anilines is 1. The van der Waals surface area contributed by atoms with Crippen molar-refractivity contribution in [3.05, 3.63) is 69.7 Å². The second kappa shape index (κ2) is 9.61. The Hall–Kier alpha value is -3.77. The lowest BCUT2D eigenvalue weighted by molar-refractivity contribution is -0.153. The third-order valence-corrected chi connectivity index (χ3v) is 4.69. The number of alkyl halides is 3. The number of hydrogen-bond acceptors (Lipinski definition) is 4. The summed E-state index contributed by atoms with van der Waals surface area (Å²) in [6.45, 7) is 1.69. The first-order chi connectivity index (χ1) is 16.0. The van der Waals surface area contributed by atoms with Crippen molar-refractivity contribution in [2.24, 2.45) is 0 Å². The largest absolute Gasteiger partial charge is 0.483 e. The molecule has 3 rings (SSSR count). The number of carbonyl (C=O) groups is 1. The Bertz CT molecular complexity index is 1260. The van der Waals surface area contributed by atoms with Gasteiger partial charge in [0.15, 0.2) is 6.61 Å². The molecule has 34 heavy (non-hydrogen) atoms. The molecule has 1 N–H and O–H groups in total. The third-order valence-electron chi connectivity index (χ3n) is 4.69. The van der Waals surface area contributed by atoms with Gasteiger partial charge in [-0.15, -0.1) is 5.10 Å². The Labute approximate surface area is 188 Å². The standard InChI is InChI=1S/C21H18F6N4O3/c1-3-17-29-31(20(33)30(17)4-2)15-9-16(34-10-21(25,26)27)11(8-14(15)24)19(32)28-18-12(22)6-5-7-13(18)23/h5-9H,3-4,10H2,1-2H3,(H,28,32). The van der Waals surface area contributed by atoms with Crippen LogP contribution in [-0.2, 0) is 13.0 Å². The molecule has 0 radical (unpaired) electrons. The molecule has 0 fully saturated rings. The molecule has 1 heterocycles. The smallest absolute Gasteiger partial charge is 0.422 e. The highest BCUT2D eigenvalue weighted by Gasteiger charge is 2.30. The van der Waals surface area contributed by atoms with Crippen LogP contribution in [0.25, 0.3) is 5.69 Å². The molecule has 0 atom stereocenters. The van der Waals surface area contributed by atoms with Crippen molar-refractivity contribution < 1.29 is 35.9 Å². The van der Waals surface area contributed by atoms with Crippen LogP contribution in [0.3, 0.4) is 0 Å². The fraction of sp³-hybridized carbons (Fsp3) is 0.286. The highest BCUT2D eigenvalue weighted by Crippen LogP contribution is 2.29. The zero-order valence-corrected chi connectivity index (χ0v) is 17.8. The average molecular weight is 488 g/mol. The van der Waals surface area contributed by atoms with Crippen molar-refractivity contribution in [1.29, 1.82) is 0 Å². The van der Waals surface area contributed by atoms with E-state index < -0.39 is 64.5 Å². The van der Waals surface area contributed by atoms with Gasteiger partial charge in [0.2, 0.25) is 0 Å². The van der Waals surface area contributed by atoms with Crippen LogP contribution in [-0.4, -0.2) is 33.0 Å². The Balaban J connectivity index is 2.12. The predicted octanol–water partition coefficient (Wildman–Crippen LogP) is 4.23. The van der Waals surface area contributed by atoms with Crippen LogP contribution in [0.5, 0.6) is 5.75 Å². The molecule has 0 aliphatic rings. The monoisotopic (exact) mass is 488 g/mol. The van der Waals surface area contributed by atoms with E-state index in [0.29, 0.717) is 29.1 Å². The van der Waals surface area contributed by atoms with E-state index in [9.17, 15) is 35.9 Å². The normalized spacial score (nSPS) is 11.5. The number of para-hydroxylation sites is 1. The number of aryl methyl sites for hydroxylation is 1. The topological polar surface area (TPSA) is 78.2 Å². The van der Waals surface area contributed by atoms with Gasteiger partial charge in [-0.05, 0) is 25.1 Å². The van der Waals surface area contributed by atoms with Crippen molar-refractivity contribution in [2.75, 3.05) is 11.9 Å². The summed E-state index contributed by atoms with van der Waals surface area (Å²) in [5.74, 6) is -5.35. The maximum absolute atomic E-state index is 15.0. The zero-order chi connectivity index (χ0) is 25.2. The van der Waals surface area contributed by atoms with E-state index in [1.807, 2.05) is 5.32 Å². The number of ether oxygens (including phenoxy) is 1. The minimum Gasteiger partial charge on any atom is -0.483 e. The minimum absolute atomic E-state index is 0.204. The number of carbonyl (C=O) groups excluding carboxylic acids is 1. The van der Waals surface area contributed by atoms with E-state index in [1.54, 1.807) is 13.8 Å². The summed E-state index contributed by atoms with van der Waals surface area (Å²) in [6.07, 6.45) is -4.51. The van der Waals surface area contributed by atoms with Gasteiger partial charge < -0.3 is 10.1 Å². The Kier molecular flexibility index (Phi) is 7.03. The van der Waals surface area contributed by atoms with Gasteiger partial charge in [-0.1, -0.05) is 13.0 Å². The van der Waals surface area contributed by atoms with Gasteiger partial charge in [0.25, 0.3) is 5.91 Å². The molecule has 1 aromatic heterocycles.